The van der Waals surface area contributed by atoms with E-state index in [2.05, 4.69) is 15.3 Å². The fourth-order valence-corrected chi connectivity index (χ4v) is 3.10. The third-order valence-electron chi connectivity index (χ3n) is 4.60. The van der Waals surface area contributed by atoms with E-state index < -0.39 is 5.91 Å². The molecule has 0 saturated heterocycles. The molecule has 9 heteroatoms. The number of hydrogen-bond donors (Lipinski definition) is 2. The number of methoxy groups -OCH3 is 3. The second-order valence-corrected chi connectivity index (χ2v) is 6.46. The van der Waals surface area contributed by atoms with Gasteiger partial charge in [-0.3, -0.25) is 9.78 Å². The Hall–Kier alpha value is -4.27. The Labute approximate surface area is 177 Å². The maximum atomic E-state index is 12.9. The van der Waals surface area contributed by atoms with Crippen LogP contribution in [0.4, 0.5) is 5.69 Å². The van der Waals surface area contributed by atoms with E-state index in [0.717, 1.165) is 0 Å². The van der Waals surface area contributed by atoms with Gasteiger partial charge in [0, 0.05) is 23.5 Å². The van der Waals surface area contributed by atoms with Gasteiger partial charge in [0.05, 0.1) is 33.1 Å². The van der Waals surface area contributed by atoms with Gasteiger partial charge in [-0.25, -0.2) is 4.98 Å². The van der Waals surface area contributed by atoms with Crippen molar-refractivity contribution in [3.05, 3.63) is 54.4 Å². The molecule has 158 valence electrons. The van der Waals surface area contributed by atoms with Gasteiger partial charge in [0.25, 0.3) is 5.91 Å². The molecule has 0 radical (unpaired) electrons. The molecule has 4 aromatic rings. The summed E-state index contributed by atoms with van der Waals surface area (Å²) in [6, 6.07) is 9.37. The molecule has 2 N–H and O–H groups in total. The van der Waals surface area contributed by atoms with Crippen molar-refractivity contribution >= 4 is 22.7 Å². The van der Waals surface area contributed by atoms with Crippen molar-refractivity contribution in [1.82, 2.24) is 9.97 Å². The largest absolute Gasteiger partial charge is 0.507 e. The van der Waals surface area contributed by atoms with Crippen molar-refractivity contribution in [1.29, 1.82) is 0 Å². The number of aromatic hydroxyl groups is 1. The van der Waals surface area contributed by atoms with Gasteiger partial charge in [-0.2, -0.15) is 0 Å². The number of aromatic nitrogens is 2. The smallest absolute Gasteiger partial charge is 0.255 e. The van der Waals surface area contributed by atoms with E-state index >= 15 is 0 Å². The minimum atomic E-state index is -0.405. The van der Waals surface area contributed by atoms with Crippen LogP contribution in [0, 0.1) is 0 Å². The second kappa shape index (κ2) is 8.23. The van der Waals surface area contributed by atoms with Crippen LogP contribution < -0.4 is 19.5 Å². The standard InChI is InChI=1S/C22H19N3O6/c1-28-18-8-12(9-19(29-2)20(18)30-3)21(27)24-13-4-5-16(26)14(10-13)22-25-15-11-23-7-6-17(15)31-22/h4-11,26H,1-3H3,(H,24,27). The molecule has 9 nitrogen and oxygen atoms in total. The van der Waals surface area contributed by atoms with Crippen LogP contribution in [0.25, 0.3) is 22.6 Å². The number of phenols is 1. The molecule has 0 saturated carbocycles. The van der Waals surface area contributed by atoms with E-state index in [1.54, 1.807) is 42.7 Å². The van der Waals surface area contributed by atoms with Gasteiger partial charge in [0.1, 0.15) is 11.3 Å². The number of phenolic OH excluding ortho intramolecular Hbond substituents is 1. The number of ether oxygens (including phenoxy) is 3. The maximum Gasteiger partial charge on any atom is 0.255 e. The van der Waals surface area contributed by atoms with Gasteiger partial charge in [0.2, 0.25) is 11.6 Å². The monoisotopic (exact) mass is 421 g/mol. The maximum absolute atomic E-state index is 12.9. The van der Waals surface area contributed by atoms with E-state index in [9.17, 15) is 9.90 Å². The minimum Gasteiger partial charge on any atom is -0.507 e. The van der Waals surface area contributed by atoms with Crippen LogP contribution in [0.15, 0.2) is 53.2 Å². The quantitative estimate of drug-likeness (QED) is 0.451. The van der Waals surface area contributed by atoms with E-state index in [1.807, 2.05) is 0 Å². The molecule has 0 atom stereocenters. The normalized spacial score (nSPS) is 10.7. The number of pyridine rings is 1. The third kappa shape index (κ3) is 3.80. The highest BCUT2D eigenvalue weighted by atomic mass is 16.5. The van der Waals surface area contributed by atoms with Gasteiger partial charge in [-0.15, -0.1) is 0 Å². The van der Waals surface area contributed by atoms with Crippen LogP contribution in [0.5, 0.6) is 23.0 Å². The number of amides is 1. The first-order valence-electron chi connectivity index (χ1n) is 9.19. The van der Waals surface area contributed by atoms with Crippen LogP contribution in [-0.2, 0) is 0 Å². The van der Waals surface area contributed by atoms with Gasteiger partial charge in [-0.1, -0.05) is 0 Å². The minimum absolute atomic E-state index is 0.0368. The molecular formula is C22H19N3O6. The topological polar surface area (TPSA) is 116 Å². The first-order valence-corrected chi connectivity index (χ1v) is 9.19. The third-order valence-corrected chi connectivity index (χ3v) is 4.60. The SMILES string of the molecule is COc1cc(C(=O)Nc2ccc(O)c(-c3nc4cnccc4o3)c2)cc(OC)c1OC. The van der Waals surface area contributed by atoms with Crippen LogP contribution in [0.2, 0.25) is 0 Å². The lowest BCUT2D eigenvalue weighted by Crippen LogP contribution is -2.12. The van der Waals surface area contributed by atoms with Crippen LogP contribution in [0.1, 0.15) is 10.4 Å². The van der Waals surface area contributed by atoms with E-state index in [4.69, 9.17) is 18.6 Å². The molecule has 0 aliphatic heterocycles. The zero-order chi connectivity index (χ0) is 22.0. The molecule has 0 aliphatic rings. The number of nitrogens with zero attached hydrogens (tertiary/aromatic N) is 2. The average Bonchev–Trinajstić information content (AvgIpc) is 3.23. The number of oxazole rings is 1. The summed E-state index contributed by atoms with van der Waals surface area (Å²) < 4.78 is 21.6. The van der Waals surface area contributed by atoms with E-state index in [-0.39, 0.29) is 11.6 Å². The summed E-state index contributed by atoms with van der Waals surface area (Å²) >= 11 is 0. The summed E-state index contributed by atoms with van der Waals surface area (Å²) in [7, 11) is 4.43. The first kappa shape index (κ1) is 20.0. The van der Waals surface area contributed by atoms with Crippen LogP contribution >= 0.6 is 0 Å². The molecule has 0 spiro atoms. The molecule has 1 amide bonds. The number of carbonyl (C=O) groups excluding carboxylic acids is 1. The number of benzene rings is 2. The molecule has 2 aromatic heterocycles. The lowest BCUT2D eigenvalue weighted by atomic mass is 10.1. The highest BCUT2D eigenvalue weighted by Gasteiger charge is 2.18. The van der Waals surface area contributed by atoms with Gasteiger partial charge >= 0.3 is 0 Å². The molecule has 31 heavy (non-hydrogen) atoms. The molecule has 0 fully saturated rings. The molecule has 2 aromatic carbocycles. The number of hydrogen-bond acceptors (Lipinski definition) is 8. The van der Waals surface area contributed by atoms with Crippen LogP contribution in [-0.4, -0.2) is 42.3 Å². The molecule has 0 bridgehead atoms. The Kier molecular flexibility index (Phi) is 5.31. The van der Waals surface area contributed by atoms with Crippen molar-refractivity contribution < 1.29 is 28.5 Å². The van der Waals surface area contributed by atoms with E-state index in [0.29, 0.717) is 45.2 Å². The van der Waals surface area contributed by atoms with E-state index in [1.165, 1.54) is 27.4 Å². The highest BCUT2D eigenvalue weighted by molar-refractivity contribution is 6.05. The Bertz CT molecular complexity index is 1210. The molecule has 0 aliphatic carbocycles. The highest BCUT2D eigenvalue weighted by Crippen LogP contribution is 2.38. The van der Waals surface area contributed by atoms with Crippen molar-refractivity contribution in [2.75, 3.05) is 26.6 Å². The summed E-state index contributed by atoms with van der Waals surface area (Å²) in [6.07, 6.45) is 3.15. The predicted molar refractivity (Wildman–Crippen MR) is 113 cm³/mol. The van der Waals surface area contributed by atoms with Gasteiger partial charge < -0.3 is 29.1 Å². The Morgan fingerprint density at radius 1 is 1.03 bits per heavy atom. The zero-order valence-corrected chi connectivity index (χ0v) is 17.0. The molecule has 4 rings (SSSR count). The Balaban J connectivity index is 1.66. The molecular weight excluding hydrogens is 402 g/mol. The number of anilines is 1. The first-order chi connectivity index (χ1) is 15.0. The van der Waals surface area contributed by atoms with Crippen molar-refractivity contribution in [3.63, 3.8) is 0 Å². The van der Waals surface area contributed by atoms with Crippen LogP contribution in [0.3, 0.4) is 0 Å². The fourth-order valence-electron chi connectivity index (χ4n) is 3.10. The lowest BCUT2D eigenvalue weighted by Gasteiger charge is -2.14. The molecule has 0 unspecified atom stereocenters. The second-order valence-electron chi connectivity index (χ2n) is 6.46. The van der Waals surface area contributed by atoms with Gasteiger partial charge in [-0.05, 0) is 30.3 Å². The predicted octanol–water partition coefficient (Wildman–Crippen LogP) is 3.87. The summed E-state index contributed by atoms with van der Waals surface area (Å²) in [6.45, 7) is 0. The number of carbonyl (C=O) groups is 1. The van der Waals surface area contributed by atoms with Crippen molar-refractivity contribution in [2.45, 2.75) is 0 Å². The zero-order valence-electron chi connectivity index (χ0n) is 17.0. The summed E-state index contributed by atoms with van der Waals surface area (Å²) in [5, 5.41) is 13.1. The number of fused-ring (bicyclic) bond motifs is 1. The summed E-state index contributed by atoms with van der Waals surface area (Å²) in [5.41, 5.74) is 2.17. The Morgan fingerprint density at radius 3 is 2.42 bits per heavy atom. The van der Waals surface area contributed by atoms with Crippen molar-refractivity contribution in [3.8, 4) is 34.5 Å². The lowest BCUT2D eigenvalue weighted by molar-refractivity contribution is 0.102. The average molecular weight is 421 g/mol. The summed E-state index contributed by atoms with van der Waals surface area (Å²) in [4.78, 5) is 21.2. The summed E-state index contributed by atoms with van der Waals surface area (Å²) in [5.74, 6) is 0.878. The molecule has 2 heterocycles. The van der Waals surface area contributed by atoms with Gasteiger partial charge in [0.15, 0.2) is 17.1 Å². The van der Waals surface area contributed by atoms with Crippen molar-refractivity contribution in [2.24, 2.45) is 0 Å². The number of rotatable bonds is 6. The Morgan fingerprint density at radius 2 is 1.77 bits per heavy atom. The number of nitrogens with one attached hydrogen (secondary N) is 1. The fraction of sp³-hybridized carbons (Fsp3) is 0.136.